The quantitative estimate of drug-likeness (QED) is 0.676. The van der Waals surface area contributed by atoms with Gasteiger partial charge in [-0.3, -0.25) is 9.59 Å². The molecule has 2 fully saturated rings. The van der Waals surface area contributed by atoms with Crippen molar-refractivity contribution < 1.29 is 23.7 Å². The number of hydrogen-bond donors (Lipinski definition) is 2. The number of carbonyl (C=O) groups excluding carboxylic acids is 2. The van der Waals surface area contributed by atoms with E-state index in [4.69, 9.17) is 9.26 Å². The number of hydrogen-bond acceptors (Lipinski definition) is 5. The van der Waals surface area contributed by atoms with E-state index < -0.39 is 0 Å². The van der Waals surface area contributed by atoms with Crippen molar-refractivity contribution in [2.24, 2.45) is 5.92 Å². The highest BCUT2D eigenvalue weighted by Crippen LogP contribution is 2.26. The maximum absolute atomic E-state index is 12.9. The van der Waals surface area contributed by atoms with E-state index in [0.717, 1.165) is 65.0 Å². The molecule has 2 aliphatic rings. The molecule has 0 spiro atoms. The Morgan fingerprint density at radius 1 is 1.30 bits per heavy atom. The average Bonchev–Trinajstić information content (AvgIpc) is 3.33. The van der Waals surface area contributed by atoms with Crippen LogP contribution < -0.4 is 10.2 Å². The summed E-state index contributed by atoms with van der Waals surface area (Å²) in [7, 11) is 0. The van der Waals surface area contributed by atoms with Crippen LogP contribution in [0.1, 0.15) is 37.9 Å². The first-order valence-corrected chi connectivity index (χ1v) is 10.0. The molecule has 1 aromatic rings. The van der Waals surface area contributed by atoms with Gasteiger partial charge in [-0.25, -0.2) is 0 Å². The fourth-order valence-electron chi connectivity index (χ4n) is 3.91. The molecule has 0 bridgehead atoms. The summed E-state index contributed by atoms with van der Waals surface area (Å²) in [6, 6.07) is 1.67. The third-order valence-corrected chi connectivity index (χ3v) is 5.40. The van der Waals surface area contributed by atoms with Gasteiger partial charge in [-0.15, -0.1) is 0 Å². The van der Waals surface area contributed by atoms with E-state index in [1.807, 2.05) is 0 Å². The van der Waals surface area contributed by atoms with Crippen LogP contribution in [0.5, 0.6) is 0 Å². The molecule has 1 aliphatic heterocycles. The van der Waals surface area contributed by atoms with Crippen molar-refractivity contribution in [3.8, 4) is 0 Å². The molecule has 3 rings (SSSR count). The Labute approximate surface area is 160 Å². The molecule has 0 atom stereocenters. The monoisotopic (exact) mass is 379 g/mol. The normalized spacial score (nSPS) is 18.6. The molecule has 2 heterocycles. The van der Waals surface area contributed by atoms with Crippen molar-refractivity contribution in [3.05, 3.63) is 11.8 Å². The summed E-state index contributed by atoms with van der Waals surface area (Å²) in [6.45, 7) is 7.10. The SMILES string of the molecule is Cc1cc(NC(=O)CN(CCC[NH+]2CCOCC2)C(=O)C2CCCC2)no1. The Kier molecular flexibility index (Phi) is 7.23. The van der Waals surface area contributed by atoms with Crippen LogP contribution in [-0.2, 0) is 14.3 Å². The highest BCUT2D eigenvalue weighted by Gasteiger charge is 2.28. The third-order valence-electron chi connectivity index (χ3n) is 5.40. The molecule has 150 valence electrons. The van der Waals surface area contributed by atoms with E-state index >= 15 is 0 Å². The zero-order valence-corrected chi connectivity index (χ0v) is 16.2. The molecule has 1 saturated heterocycles. The molecular formula is C19H31N4O4+. The number of nitrogens with one attached hydrogen (secondary N) is 2. The summed E-state index contributed by atoms with van der Waals surface area (Å²) < 4.78 is 10.4. The fraction of sp³-hybridized carbons (Fsp3) is 0.737. The second kappa shape index (κ2) is 9.85. The number of morpholine rings is 1. The maximum Gasteiger partial charge on any atom is 0.245 e. The second-order valence-corrected chi connectivity index (χ2v) is 7.58. The zero-order valence-electron chi connectivity index (χ0n) is 16.2. The Morgan fingerprint density at radius 3 is 2.70 bits per heavy atom. The number of aromatic nitrogens is 1. The average molecular weight is 379 g/mol. The van der Waals surface area contributed by atoms with Crippen LogP contribution in [0.15, 0.2) is 10.6 Å². The number of aryl methyl sites for hydroxylation is 1. The summed E-state index contributed by atoms with van der Waals surface area (Å²) in [5.74, 6) is 0.994. The maximum atomic E-state index is 12.9. The minimum absolute atomic E-state index is 0.0691. The minimum atomic E-state index is -0.228. The number of quaternary nitrogens is 1. The van der Waals surface area contributed by atoms with Crippen LogP contribution in [0.2, 0.25) is 0 Å². The number of ether oxygens (including phenoxy) is 1. The largest absolute Gasteiger partial charge is 0.370 e. The lowest BCUT2D eigenvalue weighted by Gasteiger charge is -2.27. The van der Waals surface area contributed by atoms with E-state index in [1.165, 1.54) is 4.90 Å². The predicted octanol–water partition coefficient (Wildman–Crippen LogP) is 0.246. The van der Waals surface area contributed by atoms with Gasteiger partial charge >= 0.3 is 0 Å². The fourth-order valence-corrected chi connectivity index (χ4v) is 3.91. The van der Waals surface area contributed by atoms with Gasteiger partial charge in [0, 0.05) is 24.9 Å². The number of carbonyl (C=O) groups is 2. The van der Waals surface area contributed by atoms with Crippen LogP contribution >= 0.6 is 0 Å². The summed E-state index contributed by atoms with van der Waals surface area (Å²) in [6.07, 6.45) is 4.98. The van der Waals surface area contributed by atoms with Gasteiger partial charge < -0.3 is 24.4 Å². The van der Waals surface area contributed by atoms with Crippen LogP contribution in [-0.4, -0.2) is 67.8 Å². The smallest absolute Gasteiger partial charge is 0.245 e. The standard InChI is InChI=1S/C19H30N4O4/c1-15-13-17(21-27-15)20-18(24)14-23(19(25)16-5-2-3-6-16)8-4-7-22-9-11-26-12-10-22/h13,16H,2-12,14H2,1H3,(H,20,21,24)/p+1. The number of amides is 2. The molecule has 0 radical (unpaired) electrons. The minimum Gasteiger partial charge on any atom is -0.370 e. The lowest BCUT2D eigenvalue weighted by Crippen LogP contribution is -3.14. The lowest BCUT2D eigenvalue weighted by atomic mass is 10.1. The van der Waals surface area contributed by atoms with Crippen molar-refractivity contribution in [2.75, 3.05) is 51.3 Å². The van der Waals surface area contributed by atoms with Gasteiger partial charge in [0.05, 0.1) is 26.3 Å². The van der Waals surface area contributed by atoms with E-state index in [1.54, 1.807) is 17.9 Å². The molecule has 2 amide bonds. The first-order chi connectivity index (χ1) is 13.1. The van der Waals surface area contributed by atoms with Crippen LogP contribution in [0.3, 0.4) is 0 Å². The summed E-state index contributed by atoms with van der Waals surface area (Å²) in [5, 5.41) is 6.50. The van der Waals surface area contributed by atoms with E-state index in [0.29, 0.717) is 18.1 Å². The van der Waals surface area contributed by atoms with Gasteiger partial charge in [0.25, 0.3) is 0 Å². The molecule has 2 N–H and O–H groups in total. The van der Waals surface area contributed by atoms with Gasteiger partial charge in [0.15, 0.2) is 5.82 Å². The Morgan fingerprint density at radius 2 is 2.04 bits per heavy atom. The summed E-state index contributed by atoms with van der Waals surface area (Å²) in [4.78, 5) is 28.6. The first kappa shape index (κ1) is 19.8. The number of anilines is 1. The molecule has 1 aromatic heterocycles. The van der Waals surface area contributed by atoms with Crippen LogP contribution in [0.25, 0.3) is 0 Å². The lowest BCUT2D eigenvalue weighted by molar-refractivity contribution is -0.908. The summed E-state index contributed by atoms with van der Waals surface area (Å²) in [5.41, 5.74) is 0. The van der Waals surface area contributed by atoms with Crippen molar-refractivity contribution >= 4 is 17.6 Å². The molecule has 0 aromatic carbocycles. The number of nitrogens with zero attached hydrogens (tertiary/aromatic N) is 2. The van der Waals surface area contributed by atoms with Crippen molar-refractivity contribution in [3.63, 3.8) is 0 Å². The van der Waals surface area contributed by atoms with E-state index in [-0.39, 0.29) is 24.3 Å². The van der Waals surface area contributed by atoms with Gasteiger partial charge in [-0.1, -0.05) is 18.0 Å². The third kappa shape index (κ3) is 6.04. The molecule has 8 heteroatoms. The first-order valence-electron chi connectivity index (χ1n) is 10.0. The summed E-state index contributed by atoms with van der Waals surface area (Å²) >= 11 is 0. The highest BCUT2D eigenvalue weighted by molar-refractivity contribution is 5.94. The van der Waals surface area contributed by atoms with E-state index in [9.17, 15) is 9.59 Å². The van der Waals surface area contributed by atoms with Gasteiger partial charge in [-0.2, -0.15) is 0 Å². The Bertz CT molecular complexity index is 621. The molecule has 0 unspecified atom stereocenters. The van der Waals surface area contributed by atoms with Crippen LogP contribution in [0, 0.1) is 12.8 Å². The second-order valence-electron chi connectivity index (χ2n) is 7.58. The molecule has 1 aliphatic carbocycles. The predicted molar refractivity (Wildman–Crippen MR) is 99.4 cm³/mol. The molecule has 1 saturated carbocycles. The van der Waals surface area contributed by atoms with Crippen molar-refractivity contribution in [1.82, 2.24) is 10.1 Å². The Balaban J connectivity index is 1.52. The molecule has 8 nitrogen and oxygen atoms in total. The Hall–Kier alpha value is -1.93. The van der Waals surface area contributed by atoms with E-state index in [2.05, 4.69) is 10.5 Å². The molecule has 27 heavy (non-hydrogen) atoms. The van der Waals surface area contributed by atoms with Gasteiger partial charge in [0.1, 0.15) is 18.8 Å². The van der Waals surface area contributed by atoms with Crippen molar-refractivity contribution in [2.45, 2.75) is 39.0 Å². The van der Waals surface area contributed by atoms with Crippen LogP contribution in [0.4, 0.5) is 5.82 Å². The topological polar surface area (TPSA) is 89.1 Å². The van der Waals surface area contributed by atoms with Crippen molar-refractivity contribution in [1.29, 1.82) is 0 Å². The van der Waals surface area contributed by atoms with Gasteiger partial charge in [-0.05, 0) is 19.8 Å². The number of rotatable bonds is 8. The highest BCUT2D eigenvalue weighted by atomic mass is 16.5. The molecular weight excluding hydrogens is 348 g/mol. The zero-order chi connectivity index (χ0) is 19.1. The van der Waals surface area contributed by atoms with Gasteiger partial charge in [0.2, 0.25) is 11.8 Å².